The van der Waals surface area contributed by atoms with E-state index in [1.165, 1.54) is 0 Å². The Kier molecular flexibility index (Phi) is 2.66. The molecule has 2 fully saturated rings. The van der Waals surface area contributed by atoms with Gasteiger partial charge in [0.25, 0.3) is 0 Å². The van der Waals surface area contributed by atoms with Gasteiger partial charge in [0.05, 0.1) is 5.56 Å². The zero-order valence-electron chi connectivity index (χ0n) is 11.9. The minimum absolute atomic E-state index is 0.00598. The summed E-state index contributed by atoms with van der Waals surface area (Å²) >= 11 is 6.08. The molecule has 4 rings (SSSR count). The lowest BCUT2D eigenvalue weighted by molar-refractivity contribution is 0.0695. The molecule has 2 saturated heterocycles. The van der Waals surface area contributed by atoms with Gasteiger partial charge in [0.2, 0.25) is 0 Å². The number of nitrogens with zero attached hydrogens (tertiary/aromatic N) is 2. The molecule has 0 aliphatic carbocycles. The van der Waals surface area contributed by atoms with Crippen LogP contribution in [0.3, 0.4) is 0 Å². The molecular weight excluding hydrogens is 288 g/mol. The van der Waals surface area contributed by atoms with Crippen molar-refractivity contribution in [2.75, 3.05) is 19.6 Å². The Labute approximate surface area is 127 Å². The molecule has 5 heteroatoms. The monoisotopic (exact) mass is 304 g/mol. The molecule has 3 heterocycles. The number of hydrogen-bond donors (Lipinski definition) is 1. The molecule has 1 aromatic carbocycles. The largest absolute Gasteiger partial charge is 0.478 e. The first-order chi connectivity index (χ1) is 10.0. The van der Waals surface area contributed by atoms with Gasteiger partial charge in [-0.25, -0.2) is 4.79 Å². The van der Waals surface area contributed by atoms with E-state index in [0.29, 0.717) is 10.6 Å². The maximum absolute atomic E-state index is 11.9. The molecule has 2 bridgehead atoms. The molecule has 1 N–H and O–H groups in total. The average molecular weight is 305 g/mol. The van der Waals surface area contributed by atoms with E-state index in [9.17, 15) is 9.90 Å². The smallest absolute Gasteiger partial charge is 0.338 e. The van der Waals surface area contributed by atoms with Crippen molar-refractivity contribution >= 4 is 28.5 Å². The molecule has 0 amide bonds. The highest BCUT2D eigenvalue weighted by atomic mass is 35.5. The summed E-state index contributed by atoms with van der Waals surface area (Å²) in [5, 5.41) is 11.1. The number of rotatable bonds is 2. The van der Waals surface area contributed by atoms with Crippen molar-refractivity contribution in [1.82, 2.24) is 9.47 Å². The molecule has 4 nitrogen and oxygen atoms in total. The minimum Gasteiger partial charge on any atom is -0.478 e. The number of halogens is 1. The van der Waals surface area contributed by atoms with Crippen molar-refractivity contribution in [3.8, 4) is 0 Å². The lowest BCUT2D eigenvalue weighted by Gasteiger charge is -2.27. The van der Waals surface area contributed by atoms with Crippen LogP contribution in [0.5, 0.6) is 0 Å². The topological polar surface area (TPSA) is 45.5 Å². The second-order valence-electron chi connectivity index (χ2n) is 6.31. The number of aromatic carboxylic acids is 1. The summed E-state index contributed by atoms with van der Waals surface area (Å²) in [7, 11) is 1.98. The van der Waals surface area contributed by atoms with E-state index in [4.69, 9.17) is 11.6 Å². The zero-order valence-corrected chi connectivity index (χ0v) is 12.7. The summed E-state index contributed by atoms with van der Waals surface area (Å²) in [6.45, 7) is 3.12. The van der Waals surface area contributed by atoms with E-state index in [2.05, 4.69) is 9.47 Å². The van der Waals surface area contributed by atoms with Crippen molar-refractivity contribution in [1.29, 1.82) is 0 Å². The first-order valence-corrected chi connectivity index (χ1v) is 7.64. The molecule has 2 aromatic rings. The number of carbonyl (C=O) groups is 1. The summed E-state index contributed by atoms with van der Waals surface area (Å²) in [4.78, 5) is 14.3. The lowest BCUT2D eigenvalue weighted by Crippen LogP contribution is -2.29. The molecule has 0 saturated carbocycles. The molecule has 1 aromatic heterocycles. The van der Waals surface area contributed by atoms with Crippen LogP contribution in [-0.4, -0.2) is 40.2 Å². The maximum Gasteiger partial charge on any atom is 0.338 e. The predicted molar refractivity (Wildman–Crippen MR) is 82.2 cm³/mol. The lowest BCUT2D eigenvalue weighted by atomic mass is 9.79. The third-order valence-corrected chi connectivity index (χ3v) is 5.45. The number of piperidine rings is 1. The maximum atomic E-state index is 11.9. The SMILES string of the molecule is Cn1c(C23CCN(CC2)C3)c(C(=O)O)c2cc(Cl)ccc21. The van der Waals surface area contributed by atoms with Crippen LogP contribution in [0.4, 0.5) is 0 Å². The molecule has 110 valence electrons. The molecule has 0 atom stereocenters. The Morgan fingerprint density at radius 1 is 1.33 bits per heavy atom. The summed E-state index contributed by atoms with van der Waals surface area (Å²) in [6, 6.07) is 5.53. The van der Waals surface area contributed by atoms with E-state index in [1.807, 2.05) is 19.2 Å². The second-order valence-corrected chi connectivity index (χ2v) is 6.74. The van der Waals surface area contributed by atoms with Crippen molar-refractivity contribution in [2.45, 2.75) is 18.3 Å². The third-order valence-electron chi connectivity index (χ3n) is 5.22. The van der Waals surface area contributed by atoms with Gasteiger partial charge in [0, 0.05) is 40.6 Å². The summed E-state index contributed by atoms with van der Waals surface area (Å²) in [6.07, 6.45) is 2.09. The predicted octanol–water partition coefficient (Wildman–Crippen LogP) is 2.88. The Morgan fingerprint density at radius 3 is 2.62 bits per heavy atom. The Hall–Kier alpha value is -1.52. The van der Waals surface area contributed by atoms with E-state index in [0.717, 1.165) is 49.1 Å². The van der Waals surface area contributed by atoms with Gasteiger partial charge < -0.3 is 14.6 Å². The van der Waals surface area contributed by atoms with E-state index in [-0.39, 0.29) is 5.41 Å². The molecule has 0 unspecified atom stereocenters. The van der Waals surface area contributed by atoms with Crippen LogP contribution >= 0.6 is 11.6 Å². The van der Waals surface area contributed by atoms with Crippen LogP contribution < -0.4 is 0 Å². The normalized spacial score (nSPS) is 27.6. The number of carboxylic acids is 1. The van der Waals surface area contributed by atoms with Gasteiger partial charge in [0.15, 0.2) is 0 Å². The fraction of sp³-hybridized carbons (Fsp3) is 0.438. The van der Waals surface area contributed by atoms with Gasteiger partial charge in [-0.1, -0.05) is 11.6 Å². The number of benzene rings is 1. The molecule has 2 aliphatic rings. The Bertz CT molecular complexity index is 757. The second kappa shape index (κ2) is 4.24. The Balaban J connectivity index is 2.06. The number of carboxylic acid groups (broad SMARTS) is 1. The van der Waals surface area contributed by atoms with Crippen LogP contribution in [0.1, 0.15) is 28.9 Å². The average Bonchev–Trinajstić information content (AvgIpc) is 3.10. The molecule has 2 aliphatic heterocycles. The van der Waals surface area contributed by atoms with Crippen LogP contribution in [0.15, 0.2) is 18.2 Å². The van der Waals surface area contributed by atoms with Gasteiger partial charge in [-0.05, 0) is 44.1 Å². The van der Waals surface area contributed by atoms with Crippen molar-refractivity contribution in [3.05, 3.63) is 34.5 Å². The zero-order chi connectivity index (χ0) is 14.8. The third kappa shape index (κ3) is 1.69. The first-order valence-electron chi connectivity index (χ1n) is 7.26. The molecule has 21 heavy (non-hydrogen) atoms. The highest BCUT2D eigenvalue weighted by Crippen LogP contribution is 2.46. The quantitative estimate of drug-likeness (QED) is 0.928. The fourth-order valence-electron chi connectivity index (χ4n) is 4.29. The van der Waals surface area contributed by atoms with Crippen molar-refractivity contribution in [3.63, 3.8) is 0 Å². The van der Waals surface area contributed by atoms with E-state index >= 15 is 0 Å². The van der Waals surface area contributed by atoms with Crippen LogP contribution in [-0.2, 0) is 12.5 Å². The van der Waals surface area contributed by atoms with E-state index < -0.39 is 5.97 Å². The number of hydrogen-bond acceptors (Lipinski definition) is 2. The van der Waals surface area contributed by atoms with Gasteiger partial charge in [-0.3, -0.25) is 0 Å². The van der Waals surface area contributed by atoms with Gasteiger partial charge in [-0.15, -0.1) is 0 Å². The summed E-state index contributed by atoms with van der Waals surface area (Å²) < 4.78 is 2.07. The number of aromatic nitrogens is 1. The number of fused-ring (bicyclic) bond motifs is 3. The van der Waals surface area contributed by atoms with Crippen LogP contribution in [0.2, 0.25) is 5.02 Å². The standard InChI is InChI=1S/C16H17ClN2O2/c1-18-12-3-2-10(17)8-11(12)13(15(20)21)14(18)16-4-6-19(9-16)7-5-16/h2-3,8H,4-7,9H2,1H3,(H,20,21). The van der Waals surface area contributed by atoms with Gasteiger partial charge in [-0.2, -0.15) is 0 Å². The van der Waals surface area contributed by atoms with E-state index in [1.54, 1.807) is 6.07 Å². The minimum atomic E-state index is -0.849. The molecular formula is C16H17ClN2O2. The Morgan fingerprint density at radius 2 is 2.05 bits per heavy atom. The summed E-state index contributed by atoms with van der Waals surface area (Å²) in [5.74, 6) is -0.849. The molecule has 0 spiro atoms. The summed E-state index contributed by atoms with van der Waals surface area (Å²) in [5.41, 5.74) is 2.37. The highest BCUT2D eigenvalue weighted by Gasteiger charge is 2.48. The van der Waals surface area contributed by atoms with Crippen molar-refractivity contribution in [2.24, 2.45) is 7.05 Å². The van der Waals surface area contributed by atoms with Gasteiger partial charge in [0.1, 0.15) is 0 Å². The van der Waals surface area contributed by atoms with Gasteiger partial charge >= 0.3 is 5.97 Å². The molecule has 0 radical (unpaired) electrons. The van der Waals surface area contributed by atoms with Crippen LogP contribution in [0.25, 0.3) is 10.9 Å². The fourth-order valence-corrected chi connectivity index (χ4v) is 4.46. The number of aryl methyl sites for hydroxylation is 1. The highest BCUT2D eigenvalue weighted by molar-refractivity contribution is 6.31. The first kappa shape index (κ1) is 13.2. The van der Waals surface area contributed by atoms with Crippen LogP contribution in [0, 0.1) is 0 Å². The van der Waals surface area contributed by atoms with Crippen molar-refractivity contribution < 1.29 is 9.90 Å².